The van der Waals surface area contributed by atoms with Crippen LogP contribution in [0, 0.1) is 0 Å². The lowest BCUT2D eigenvalue weighted by molar-refractivity contribution is -0.0685. The predicted molar refractivity (Wildman–Crippen MR) is 135 cm³/mol. The van der Waals surface area contributed by atoms with E-state index in [1.54, 1.807) is 18.3 Å². The number of fused-ring (bicyclic) bond motifs is 1. The van der Waals surface area contributed by atoms with Gasteiger partial charge in [-0.25, -0.2) is 22.2 Å². The number of aliphatic hydroxyl groups excluding tert-OH is 1. The minimum absolute atomic E-state index is 0.0652. The minimum Gasteiger partial charge on any atom is -0.393 e. The van der Waals surface area contributed by atoms with Crippen molar-refractivity contribution in [1.29, 1.82) is 0 Å². The smallest absolute Gasteiger partial charge is 0.250 e. The van der Waals surface area contributed by atoms with Gasteiger partial charge < -0.3 is 15.0 Å². The normalized spacial score (nSPS) is 22.4. The summed E-state index contributed by atoms with van der Waals surface area (Å²) in [5.41, 5.74) is 2.49. The summed E-state index contributed by atoms with van der Waals surface area (Å²) in [6.07, 6.45) is 7.56. The number of aromatic nitrogens is 3. The molecule has 0 radical (unpaired) electrons. The maximum absolute atomic E-state index is 13.3. The summed E-state index contributed by atoms with van der Waals surface area (Å²) in [4.78, 5) is 9.38. The topological polar surface area (TPSA) is 97.1 Å². The zero-order chi connectivity index (χ0) is 25.5. The third-order valence-corrected chi connectivity index (χ3v) is 9.57. The van der Waals surface area contributed by atoms with Crippen LogP contribution >= 0.6 is 0 Å². The average molecular weight is 519 g/mol. The van der Waals surface area contributed by atoms with Crippen LogP contribution in [0.1, 0.15) is 64.3 Å². The van der Waals surface area contributed by atoms with E-state index < -0.39 is 33.9 Å². The second-order valence-corrected chi connectivity index (χ2v) is 12.3. The van der Waals surface area contributed by atoms with Gasteiger partial charge >= 0.3 is 0 Å². The Kier molecular flexibility index (Phi) is 6.76. The van der Waals surface area contributed by atoms with Gasteiger partial charge in [-0.15, -0.1) is 0 Å². The molecule has 36 heavy (non-hydrogen) atoms. The van der Waals surface area contributed by atoms with Crippen LogP contribution in [0.15, 0.2) is 41.6 Å². The molecule has 2 saturated carbocycles. The fourth-order valence-corrected chi connectivity index (χ4v) is 7.01. The van der Waals surface area contributed by atoms with E-state index in [4.69, 9.17) is 4.98 Å². The second-order valence-electron chi connectivity index (χ2n) is 10.1. The quantitative estimate of drug-likeness (QED) is 0.390. The number of hydrogen-bond acceptors (Lipinski definition) is 6. The van der Waals surface area contributed by atoms with Gasteiger partial charge in [-0.3, -0.25) is 0 Å². The molecule has 2 aliphatic rings. The molecule has 0 bridgehead atoms. The first-order chi connectivity index (χ1) is 17.2. The first-order valence-electron chi connectivity index (χ1n) is 12.7. The molecule has 194 valence electrons. The van der Waals surface area contributed by atoms with Crippen molar-refractivity contribution in [1.82, 2.24) is 14.5 Å². The van der Waals surface area contributed by atoms with Gasteiger partial charge in [0, 0.05) is 48.8 Å². The van der Waals surface area contributed by atoms with Crippen molar-refractivity contribution in [2.75, 3.05) is 11.9 Å². The maximum atomic E-state index is 13.3. The molecule has 3 aromatic rings. The van der Waals surface area contributed by atoms with Gasteiger partial charge in [-0.2, -0.15) is 4.98 Å². The van der Waals surface area contributed by atoms with E-state index in [1.165, 1.54) is 12.1 Å². The fraction of sp³-hybridized carbons (Fsp3) is 0.538. The van der Waals surface area contributed by atoms with E-state index in [0.717, 1.165) is 67.2 Å². The molecule has 2 aromatic heterocycles. The highest BCUT2D eigenvalue weighted by Crippen LogP contribution is 2.44. The lowest BCUT2D eigenvalue weighted by atomic mass is 9.93. The monoisotopic (exact) mass is 518 g/mol. The third-order valence-electron chi connectivity index (χ3n) is 7.43. The maximum Gasteiger partial charge on any atom is 0.250 e. The van der Waals surface area contributed by atoms with Crippen LogP contribution in [0.4, 0.5) is 14.7 Å². The Labute approximate surface area is 209 Å². The summed E-state index contributed by atoms with van der Waals surface area (Å²) in [5.74, 6) is -2.32. The summed E-state index contributed by atoms with van der Waals surface area (Å²) in [6.45, 7) is 2.91. The Bertz CT molecular complexity index is 1330. The van der Waals surface area contributed by atoms with Crippen molar-refractivity contribution in [3.63, 3.8) is 0 Å². The van der Waals surface area contributed by atoms with Crippen LogP contribution in [0.3, 0.4) is 0 Å². The van der Waals surface area contributed by atoms with E-state index in [1.807, 2.05) is 6.20 Å². The SMILES string of the molecule is CCCCNc1ncc2c(-c3ccc(S(=O)(=O)C4CC(F)(F)C4)cc3)cn([C@H]3CC[C@H](O)CC3)c2n1. The summed E-state index contributed by atoms with van der Waals surface area (Å²) >= 11 is 0. The standard InChI is InChI=1S/C26H32F2N4O3S/c1-2-3-12-29-25-30-15-22-23(16-32(24(22)31-25)18-6-8-19(33)9-7-18)17-4-10-20(11-5-17)36(34,35)21-13-26(27,28)14-21/h4-5,10-11,15-16,18-19,21,33H,2-3,6-9,12-14H2,1H3,(H,29,30,31)/t18-,19-. The Morgan fingerprint density at radius 3 is 2.47 bits per heavy atom. The number of alkyl halides is 2. The lowest BCUT2D eigenvalue weighted by Crippen LogP contribution is -2.44. The zero-order valence-corrected chi connectivity index (χ0v) is 21.1. The van der Waals surface area contributed by atoms with Gasteiger partial charge in [0.2, 0.25) is 5.95 Å². The van der Waals surface area contributed by atoms with Crippen molar-refractivity contribution in [2.24, 2.45) is 0 Å². The Morgan fingerprint density at radius 2 is 1.83 bits per heavy atom. The fourth-order valence-electron chi connectivity index (χ4n) is 5.18. The van der Waals surface area contributed by atoms with Crippen molar-refractivity contribution in [3.05, 3.63) is 36.7 Å². The number of anilines is 1. The summed E-state index contributed by atoms with van der Waals surface area (Å²) in [6, 6.07) is 6.65. The summed E-state index contributed by atoms with van der Waals surface area (Å²) < 4.78 is 54.2. The summed E-state index contributed by atoms with van der Waals surface area (Å²) in [5, 5.41) is 13.1. The van der Waals surface area contributed by atoms with Gasteiger partial charge in [0.25, 0.3) is 5.92 Å². The Balaban J connectivity index is 1.48. The van der Waals surface area contributed by atoms with Crippen LogP contribution in [0.5, 0.6) is 0 Å². The van der Waals surface area contributed by atoms with E-state index in [0.29, 0.717) is 5.95 Å². The highest BCUT2D eigenvalue weighted by Gasteiger charge is 2.51. The number of rotatable bonds is 8. The third kappa shape index (κ3) is 4.85. The number of halogens is 2. The van der Waals surface area contributed by atoms with Crippen molar-refractivity contribution >= 4 is 26.8 Å². The number of benzene rings is 1. The molecular formula is C26H32F2N4O3S. The lowest BCUT2D eigenvalue weighted by Gasteiger charge is -2.34. The first-order valence-corrected chi connectivity index (χ1v) is 14.2. The molecule has 2 aliphatic carbocycles. The Hall–Kier alpha value is -2.59. The van der Waals surface area contributed by atoms with Gasteiger partial charge in [-0.05, 0) is 49.8 Å². The number of nitrogens with zero attached hydrogens (tertiary/aromatic N) is 3. The predicted octanol–water partition coefficient (Wildman–Crippen LogP) is 5.36. The molecule has 0 amide bonds. The minimum atomic E-state index is -3.79. The van der Waals surface area contributed by atoms with E-state index in [2.05, 4.69) is 21.8 Å². The molecule has 2 N–H and O–H groups in total. The molecule has 0 aliphatic heterocycles. The van der Waals surface area contributed by atoms with Crippen LogP contribution in [0.2, 0.25) is 0 Å². The van der Waals surface area contributed by atoms with Crippen LogP contribution in [-0.2, 0) is 9.84 Å². The largest absolute Gasteiger partial charge is 0.393 e. The average Bonchev–Trinajstić information content (AvgIpc) is 3.22. The van der Waals surface area contributed by atoms with Crippen LogP contribution in [-0.4, -0.2) is 51.9 Å². The molecule has 2 fully saturated rings. The zero-order valence-electron chi connectivity index (χ0n) is 20.3. The molecule has 10 heteroatoms. The van der Waals surface area contributed by atoms with Crippen LogP contribution < -0.4 is 5.32 Å². The number of sulfone groups is 1. The van der Waals surface area contributed by atoms with Gasteiger partial charge in [0.15, 0.2) is 9.84 Å². The van der Waals surface area contributed by atoms with E-state index in [9.17, 15) is 22.3 Å². The van der Waals surface area contributed by atoms with Crippen molar-refractivity contribution in [3.8, 4) is 11.1 Å². The first kappa shape index (κ1) is 25.1. The number of unbranched alkanes of at least 4 members (excludes halogenated alkanes) is 1. The van der Waals surface area contributed by atoms with Crippen molar-refractivity contribution in [2.45, 2.75) is 86.5 Å². The highest BCUT2D eigenvalue weighted by atomic mass is 32.2. The molecule has 5 rings (SSSR count). The molecule has 1 aromatic carbocycles. The Morgan fingerprint density at radius 1 is 1.14 bits per heavy atom. The van der Waals surface area contributed by atoms with Gasteiger partial charge in [0.1, 0.15) is 5.65 Å². The number of aliphatic hydroxyl groups is 1. The van der Waals surface area contributed by atoms with Gasteiger partial charge in [0.05, 0.1) is 16.2 Å². The molecule has 0 saturated heterocycles. The van der Waals surface area contributed by atoms with Gasteiger partial charge in [-0.1, -0.05) is 25.5 Å². The summed E-state index contributed by atoms with van der Waals surface area (Å²) in [7, 11) is -3.79. The number of nitrogens with one attached hydrogen (secondary N) is 1. The molecule has 0 spiro atoms. The number of hydrogen-bond donors (Lipinski definition) is 2. The van der Waals surface area contributed by atoms with Crippen molar-refractivity contribution < 1.29 is 22.3 Å². The molecule has 0 unspecified atom stereocenters. The molecule has 0 atom stereocenters. The molecular weight excluding hydrogens is 486 g/mol. The highest BCUT2D eigenvalue weighted by molar-refractivity contribution is 7.92. The second kappa shape index (κ2) is 9.70. The van der Waals surface area contributed by atoms with E-state index >= 15 is 0 Å². The molecule has 2 heterocycles. The van der Waals surface area contributed by atoms with Crippen LogP contribution in [0.25, 0.3) is 22.2 Å². The van der Waals surface area contributed by atoms with E-state index in [-0.39, 0.29) is 17.0 Å². The molecule has 7 nitrogen and oxygen atoms in total.